The molecule has 0 nitrogen and oxygen atoms in total. The second-order valence-electron chi connectivity index (χ2n) is 12.8. The second-order valence-corrected chi connectivity index (χ2v) is 12.8. The van der Waals surface area contributed by atoms with Crippen LogP contribution in [0.1, 0.15) is 100 Å². The van der Waals surface area contributed by atoms with E-state index in [4.69, 9.17) is 0 Å². The van der Waals surface area contributed by atoms with Gasteiger partial charge in [-0.25, -0.2) is 0 Å². The normalized spacial score (nSPS) is 37.9. The molecule has 0 aromatic carbocycles. The number of hydrogen-bond donors (Lipinski definition) is 0. The Balaban J connectivity index is 1.73. The molecule has 1 unspecified atom stereocenters. The van der Waals surface area contributed by atoms with E-state index in [-0.39, 0.29) is 0 Å². The lowest BCUT2D eigenvalue weighted by molar-refractivity contribution is 0.112. The van der Waals surface area contributed by atoms with Gasteiger partial charge in [-0.05, 0) is 91.3 Å². The Labute approximate surface area is 194 Å². The third-order valence-electron chi connectivity index (χ3n) is 9.68. The molecule has 3 aliphatic rings. The van der Waals surface area contributed by atoms with Crippen LogP contribution in [0.15, 0.2) is 47.6 Å². The van der Waals surface area contributed by atoms with Crippen LogP contribution in [0.2, 0.25) is 0 Å². The van der Waals surface area contributed by atoms with Gasteiger partial charge in [0.2, 0.25) is 0 Å². The van der Waals surface area contributed by atoms with Crippen molar-refractivity contribution in [3.8, 4) is 0 Å². The van der Waals surface area contributed by atoms with Crippen LogP contribution in [-0.4, -0.2) is 0 Å². The Morgan fingerprint density at radius 1 is 1.00 bits per heavy atom. The molecule has 0 aromatic rings. The zero-order valence-corrected chi connectivity index (χ0v) is 21.9. The van der Waals surface area contributed by atoms with Crippen LogP contribution in [0, 0.1) is 46.3 Å². The lowest BCUT2D eigenvalue weighted by Crippen LogP contribution is -2.35. The monoisotopic (exact) mass is 422 g/mol. The van der Waals surface area contributed by atoms with Crippen molar-refractivity contribution in [3.05, 3.63) is 47.6 Å². The first-order chi connectivity index (χ1) is 14.4. The quantitative estimate of drug-likeness (QED) is 0.396. The number of hydrogen-bond acceptors (Lipinski definition) is 0. The third-order valence-corrected chi connectivity index (χ3v) is 9.68. The summed E-state index contributed by atoms with van der Waals surface area (Å²) in [4.78, 5) is 0. The summed E-state index contributed by atoms with van der Waals surface area (Å²) in [5.74, 6) is 4.23. The molecular formula is C31H50. The Morgan fingerprint density at radius 3 is 2.26 bits per heavy atom. The highest BCUT2D eigenvalue weighted by atomic mass is 14.5. The highest BCUT2D eigenvalue weighted by Crippen LogP contribution is 2.59. The molecular weight excluding hydrogens is 372 g/mol. The van der Waals surface area contributed by atoms with Gasteiger partial charge in [0.05, 0.1) is 0 Å². The maximum absolute atomic E-state index is 4.33. The topological polar surface area (TPSA) is 0 Å². The van der Waals surface area contributed by atoms with Crippen molar-refractivity contribution in [1.29, 1.82) is 0 Å². The zero-order chi connectivity index (χ0) is 23.0. The molecule has 3 saturated carbocycles. The zero-order valence-electron chi connectivity index (χ0n) is 21.9. The number of rotatable bonds is 4. The van der Waals surface area contributed by atoms with Crippen LogP contribution in [0.3, 0.4) is 0 Å². The summed E-state index contributed by atoms with van der Waals surface area (Å²) in [7, 11) is 0. The largest absolute Gasteiger partial charge is 0.0993 e. The van der Waals surface area contributed by atoms with Gasteiger partial charge in [0, 0.05) is 0 Å². The number of fused-ring (bicyclic) bond motifs is 1. The summed E-state index contributed by atoms with van der Waals surface area (Å²) in [6.45, 7) is 23.6. The maximum atomic E-state index is 4.33. The van der Waals surface area contributed by atoms with Crippen molar-refractivity contribution in [2.75, 3.05) is 0 Å². The van der Waals surface area contributed by atoms with Crippen LogP contribution in [0.5, 0.6) is 0 Å². The molecule has 3 aliphatic carbocycles. The van der Waals surface area contributed by atoms with E-state index in [1.54, 1.807) is 11.1 Å². The van der Waals surface area contributed by atoms with Crippen molar-refractivity contribution >= 4 is 0 Å². The average Bonchev–Trinajstić information content (AvgIpc) is 3.05. The van der Waals surface area contributed by atoms with Gasteiger partial charge in [0.1, 0.15) is 0 Å². The van der Waals surface area contributed by atoms with E-state index >= 15 is 0 Å². The van der Waals surface area contributed by atoms with Crippen LogP contribution >= 0.6 is 0 Å². The first-order valence-electron chi connectivity index (χ1n) is 13.2. The summed E-state index contributed by atoms with van der Waals surface area (Å²) >= 11 is 0. The van der Waals surface area contributed by atoms with Crippen molar-refractivity contribution in [3.63, 3.8) is 0 Å². The summed E-state index contributed by atoms with van der Waals surface area (Å²) in [5.41, 5.74) is 5.70. The van der Waals surface area contributed by atoms with Gasteiger partial charge in [-0.3, -0.25) is 0 Å². The van der Waals surface area contributed by atoms with E-state index in [1.807, 2.05) is 0 Å². The molecule has 0 heterocycles. The maximum Gasteiger partial charge on any atom is -0.0143 e. The fourth-order valence-electron chi connectivity index (χ4n) is 6.89. The predicted octanol–water partition coefficient (Wildman–Crippen LogP) is 9.55. The average molecular weight is 423 g/mol. The number of allylic oxidation sites excluding steroid dienone is 7. The Hall–Kier alpha value is -1.04. The molecule has 0 saturated heterocycles. The van der Waals surface area contributed by atoms with Crippen molar-refractivity contribution in [2.45, 2.75) is 100 Å². The van der Waals surface area contributed by atoms with E-state index in [0.717, 1.165) is 11.8 Å². The molecule has 0 heteroatoms. The second kappa shape index (κ2) is 9.44. The molecule has 0 spiro atoms. The molecule has 0 amide bonds. The first-order valence-corrected chi connectivity index (χ1v) is 13.2. The molecule has 31 heavy (non-hydrogen) atoms. The fourth-order valence-corrected chi connectivity index (χ4v) is 6.89. The highest BCUT2D eigenvalue weighted by Gasteiger charge is 2.50. The molecule has 3 rings (SSSR count). The van der Waals surface area contributed by atoms with Crippen LogP contribution in [0.4, 0.5) is 0 Å². The SMILES string of the molecule is C=C1[C@H](C)CC(=C/C=C2\CCC[C@]3(C)C([C@@H](C)/C=C/[C@H](C)C(C)(C)C)CC[C@@H]23)C[C@H]1C. The van der Waals surface area contributed by atoms with Gasteiger partial charge in [0.25, 0.3) is 0 Å². The van der Waals surface area contributed by atoms with Crippen LogP contribution in [0.25, 0.3) is 0 Å². The lowest BCUT2D eigenvalue weighted by atomic mass is 9.61. The Kier molecular flexibility index (Phi) is 7.49. The molecule has 7 atom stereocenters. The van der Waals surface area contributed by atoms with Crippen LogP contribution in [-0.2, 0) is 0 Å². The molecule has 174 valence electrons. The summed E-state index contributed by atoms with van der Waals surface area (Å²) in [6, 6.07) is 0. The molecule has 0 N–H and O–H groups in total. The lowest BCUT2D eigenvalue weighted by Gasteiger charge is -2.44. The van der Waals surface area contributed by atoms with Gasteiger partial charge in [-0.1, -0.05) is 103 Å². The minimum Gasteiger partial charge on any atom is -0.0993 e. The molecule has 0 aliphatic heterocycles. The molecule has 0 aromatic heterocycles. The van der Waals surface area contributed by atoms with Crippen molar-refractivity contribution in [1.82, 2.24) is 0 Å². The van der Waals surface area contributed by atoms with Gasteiger partial charge < -0.3 is 0 Å². The van der Waals surface area contributed by atoms with Gasteiger partial charge in [-0.2, -0.15) is 0 Å². The minimum absolute atomic E-state index is 0.354. The predicted molar refractivity (Wildman–Crippen MR) is 138 cm³/mol. The minimum atomic E-state index is 0.354. The smallest absolute Gasteiger partial charge is 0.0143 e. The van der Waals surface area contributed by atoms with Crippen molar-refractivity contribution < 1.29 is 0 Å². The Morgan fingerprint density at radius 2 is 1.65 bits per heavy atom. The van der Waals surface area contributed by atoms with Crippen LogP contribution < -0.4 is 0 Å². The van der Waals surface area contributed by atoms with E-state index < -0.39 is 0 Å². The Bertz CT molecular complexity index is 722. The third kappa shape index (κ3) is 5.31. The standard InChI is InChI=1S/C31H50/c1-21(12-13-24(4)30(6,7)8)28-16-17-29-27(11-10-18-31(28,29)9)15-14-26-19-22(2)25(5)23(3)20-26/h12-15,21-24,28-29H,5,10-11,16-20H2,1-4,6-9H3/b13-12+,27-15+/t21-,22+,23+,24-,28?,29-,31+/m0/s1. The molecule has 0 bridgehead atoms. The van der Waals surface area contributed by atoms with E-state index in [0.29, 0.717) is 34.5 Å². The van der Waals surface area contributed by atoms with Gasteiger partial charge >= 0.3 is 0 Å². The van der Waals surface area contributed by atoms with Gasteiger partial charge in [-0.15, -0.1) is 0 Å². The first kappa shape index (κ1) is 24.6. The summed E-state index contributed by atoms with van der Waals surface area (Å²) in [5, 5.41) is 0. The van der Waals surface area contributed by atoms with Crippen molar-refractivity contribution in [2.24, 2.45) is 46.3 Å². The molecule has 0 radical (unpaired) electrons. The van der Waals surface area contributed by atoms with E-state index in [9.17, 15) is 0 Å². The fraction of sp³-hybridized carbons (Fsp3) is 0.742. The van der Waals surface area contributed by atoms with E-state index in [2.05, 4.69) is 86.3 Å². The summed E-state index contributed by atoms with van der Waals surface area (Å²) < 4.78 is 0. The van der Waals surface area contributed by atoms with Gasteiger partial charge in [0.15, 0.2) is 0 Å². The summed E-state index contributed by atoms with van der Waals surface area (Å²) in [6.07, 6.45) is 19.5. The highest BCUT2D eigenvalue weighted by molar-refractivity contribution is 5.28. The molecule has 3 fully saturated rings. The van der Waals surface area contributed by atoms with E-state index in [1.165, 1.54) is 50.5 Å².